The van der Waals surface area contributed by atoms with Crippen LogP contribution in [0.15, 0.2) is 24.3 Å². The average Bonchev–Trinajstić information content (AvgIpc) is 2.44. The first-order chi connectivity index (χ1) is 9.52. The number of hydrogen-bond donors (Lipinski definition) is 2. The quantitative estimate of drug-likeness (QED) is 0.766. The number of carbonyl (C=O) groups excluding carboxylic acids is 1. The van der Waals surface area contributed by atoms with Gasteiger partial charge in [-0.1, -0.05) is 24.6 Å². The van der Waals surface area contributed by atoms with E-state index >= 15 is 0 Å². The van der Waals surface area contributed by atoms with Crippen molar-refractivity contribution in [2.24, 2.45) is 11.7 Å². The van der Waals surface area contributed by atoms with Crippen molar-refractivity contribution < 1.29 is 9.53 Å². The fourth-order valence-electron chi connectivity index (χ4n) is 1.84. The molecule has 0 heterocycles. The summed E-state index contributed by atoms with van der Waals surface area (Å²) in [5.74, 6) is 0.895. The number of amides is 1. The Morgan fingerprint density at radius 1 is 1.30 bits per heavy atom. The number of carbonyl (C=O) groups is 1. The van der Waals surface area contributed by atoms with Crippen LogP contribution in [0.25, 0.3) is 0 Å². The Balaban J connectivity index is 2.30. The minimum absolute atomic E-state index is 0.000347. The van der Waals surface area contributed by atoms with Gasteiger partial charge in [0.1, 0.15) is 12.4 Å². The number of benzene rings is 1. The van der Waals surface area contributed by atoms with Gasteiger partial charge in [-0.05, 0) is 45.4 Å². The lowest BCUT2D eigenvalue weighted by Crippen LogP contribution is -2.39. The van der Waals surface area contributed by atoms with Gasteiger partial charge >= 0.3 is 0 Å². The molecule has 0 bridgehead atoms. The molecule has 2 atom stereocenters. The van der Waals surface area contributed by atoms with Gasteiger partial charge in [0.2, 0.25) is 5.91 Å². The Morgan fingerprint density at radius 2 is 1.95 bits per heavy atom. The first-order valence-corrected chi connectivity index (χ1v) is 7.23. The average molecular weight is 278 g/mol. The van der Waals surface area contributed by atoms with Crippen molar-refractivity contribution in [3.8, 4) is 5.75 Å². The normalized spacial score (nSPS) is 13.6. The number of ether oxygens (including phenoxy) is 1. The summed E-state index contributed by atoms with van der Waals surface area (Å²) in [6.45, 7) is 7.01. The van der Waals surface area contributed by atoms with E-state index in [-0.39, 0.29) is 17.9 Å². The highest BCUT2D eigenvalue weighted by Gasteiger charge is 2.14. The Labute approximate surface area is 121 Å². The van der Waals surface area contributed by atoms with Gasteiger partial charge in [-0.2, -0.15) is 0 Å². The van der Waals surface area contributed by atoms with E-state index < -0.39 is 0 Å². The molecule has 0 aliphatic carbocycles. The molecule has 0 radical (unpaired) electrons. The Kier molecular flexibility index (Phi) is 7.09. The minimum Gasteiger partial charge on any atom is -0.491 e. The van der Waals surface area contributed by atoms with E-state index in [9.17, 15) is 4.79 Å². The van der Waals surface area contributed by atoms with Crippen molar-refractivity contribution in [2.75, 3.05) is 13.2 Å². The smallest absolute Gasteiger partial charge is 0.223 e. The molecule has 0 aliphatic rings. The zero-order valence-electron chi connectivity index (χ0n) is 12.7. The molecule has 0 spiro atoms. The summed E-state index contributed by atoms with van der Waals surface area (Å²) >= 11 is 0. The molecule has 3 N–H and O–H groups in total. The van der Waals surface area contributed by atoms with E-state index in [1.807, 2.05) is 45.0 Å². The van der Waals surface area contributed by atoms with Crippen LogP contribution in [0.4, 0.5) is 0 Å². The molecule has 1 rings (SSSR count). The summed E-state index contributed by atoms with van der Waals surface area (Å²) in [6, 6.07) is 7.88. The molecule has 20 heavy (non-hydrogen) atoms. The van der Waals surface area contributed by atoms with E-state index in [0.717, 1.165) is 18.6 Å². The van der Waals surface area contributed by atoms with Crippen LogP contribution < -0.4 is 15.8 Å². The third-order valence-corrected chi connectivity index (χ3v) is 3.20. The molecule has 4 heteroatoms. The Hall–Kier alpha value is -1.55. The number of aryl methyl sites for hydroxylation is 1. The van der Waals surface area contributed by atoms with Gasteiger partial charge in [-0.25, -0.2) is 0 Å². The van der Waals surface area contributed by atoms with Gasteiger partial charge in [0.05, 0.1) is 6.04 Å². The fourth-order valence-corrected chi connectivity index (χ4v) is 1.84. The third-order valence-electron chi connectivity index (χ3n) is 3.20. The van der Waals surface area contributed by atoms with Crippen molar-refractivity contribution in [3.63, 3.8) is 0 Å². The highest BCUT2D eigenvalue weighted by atomic mass is 16.5. The number of nitrogens with one attached hydrogen (secondary N) is 1. The van der Waals surface area contributed by atoms with E-state index in [2.05, 4.69) is 5.32 Å². The first-order valence-electron chi connectivity index (χ1n) is 7.23. The van der Waals surface area contributed by atoms with Gasteiger partial charge in [-0.15, -0.1) is 0 Å². The molecule has 1 amide bonds. The predicted molar refractivity (Wildman–Crippen MR) is 81.7 cm³/mol. The first kappa shape index (κ1) is 16.5. The molecule has 0 saturated heterocycles. The molecule has 0 saturated carbocycles. The van der Waals surface area contributed by atoms with Crippen LogP contribution in [0.2, 0.25) is 0 Å². The summed E-state index contributed by atoms with van der Waals surface area (Å²) in [4.78, 5) is 11.9. The van der Waals surface area contributed by atoms with Crippen molar-refractivity contribution in [1.82, 2.24) is 5.32 Å². The highest BCUT2D eigenvalue weighted by Crippen LogP contribution is 2.11. The van der Waals surface area contributed by atoms with Crippen LogP contribution in [0, 0.1) is 12.8 Å². The summed E-state index contributed by atoms with van der Waals surface area (Å²) in [5, 5.41) is 2.97. The second-order valence-corrected chi connectivity index (χ2v) is 5.37. The molecule has 0 aromatic heterocycles. The van der Waals surface area contributed by atoms with Crippen LogP contribution >= 0.6 is 0 Å². The maximum Gasteiger partial charge on any atom is 0.223 e. The lowest BCUT2D eigenvalue weighted by molar-refractivity contribution is -0.125. The summed E-state index contributed by atoms with van der Waals surface area (Å²) in [5.41, 5.74) is 6.65. The maximum atomic E-state index is 11.9. The van der Waals surface area contributed by atoms with Crippen molar-refractivity contribution >= 4 is 5.91 Å². The Bertz CT molecular complexity index is 403. The molecule has 0 fully saturated rings. The van der Waals surface area contributed by atoms with Gasteiger partial charge in [0.25, 0.3) is 0 Å². The van der Waals surface area contributed by atoms with Crippen LogP contribution in [0.3, 0.4) is 0 Å². The van der Waals surface area contributed by atoms with Crippen molar-refractivity contribution in [1.29, 1.82) is 0 Å². The van der Waals surface area contributed by atoms with E-state index in [1.54, 1.807) is 0 Å². The third kappa shape index (κ3) is 6.06. The second-order valence-electron chi connectivity index (χ2n) is 5.37. The van der Waals surface area contributed by atoms with E-state index in [4.69, 9.17) is 10.5 Å². The molecule has 112 valence electrons. The largest absolute Gasteiger partial charge is 0.491 e. The zero-order valence-corrected chi connectivity index (χ0v) is 12.7. The topological polar surface area (TPSA) is 64.3 Å². The van der Waals surface area contributed by atoms with Gasteiger partial charge in [0, 0.05) is 5.92 Å². The molecule has 1 aromatic carbocycles. The summed E-state index contributed by atoms with van der Waals surface area (Å²) < 4.78 is 5.65. The zero-order chi connectivity index (χ0) is 15.0. The maximum absolute atomic E-state index is 11.9. The summed E-state index contributed by atoms with van der Waals surface area (Å²) in [6.07, 6.45) is 1.71. The van der Waals surface area contributed by atoms with E-state index in [0.29, 0.717) is 13.2 Å². The Morgan fingerprint density at radius 3 is 2.55 bits per heavy atom. The minimum atomic E-state index is -0.0101. The predicted octanol–water partition coefficient (Wildman–Crippen LogP) is 2.25. The van der Waals surface area contributed by atoms with Gasteiger partial charge in [0.15, 0.2) is 0 Å². The van der Waals surface area contributed by atoms with Crippen LogP contribution in [-0.4, -0.2) is 25.1 Å². The molecule has 4 nitrogen and oxygen atoms in total. The number of hydrogen-bond acceptors (Lipinski definition) is 3. The summed E-state index contributed by atoms with van der Waals surface area (Å²) in [7, 11) is 0. The monoisotopic (exact) mass is 278 g/mol. The van der Waals surface area contributed by atoms with Gasteiger partial charge in [-0.3, -0.25) is 4.79 Å². The van der Waals surface area contributed by atoms with Crippen molar-refractivity contribution in [2.45, 2.75) is 39.7 Å². The van der Waals surface area contributed by atoms with Crippen LogP contribution in [0.1, 0.15) is 32.3 Å². The highest BCUT2D eigenvalue weighted by molar-refractivity contribution is 5.78. The van der Waals surface area contributed by atoms with Crippen LogP contribution in [0.5, 0.6) is 5.75 Å². The standard InChI is InChI=1S/C16H26N2O2/c1-12-6-8-15(9-7-12)20-11-14(3)18-16(19)13(2)5-4-10-17/h6-9,13-14H,4-5,10-11,17H2,1-3H3,(H,18,19). The van der Waals surface area contributed by atoms with E-state index in [1.165, 1.54) is 5.56 Å². The fraction of sp³-hybridized carbons (Fsp3) is 0.562. The molecular formula is C16H26N2O2. The molecule has 1 aromatic rings. The molecular weight excluding hydrogens is 252 g/mol. The van der Waals surface area contributed by atoms with Crippen LogP contribution in [-0.2, 0) is 4.79 Å². The second kappa shape index (κ2) is 8.59. The molecule has 0 aliphatic heterocycles. The lowest BCUT2D eigenvalue weighted by atomic mass is 10.0. The SMILES string of the molecule is Cc1ccc(OCC(C)NC(=O)C(C)CCCN)cc1. The van der Waals surface area contributed by atoms with Crippen molar-refractivity contribution in [3.05, 3.63) is 29.8 Å². The molecule has 2 unspecified atom stereocenters. The van der Waals surface area contributed by atoms with Gasteiger partial charge < -0.3 is 15.8 Å². The number of nitrogens with two attached hydrogens (primary N) is 1. The number of rotatable bonds is 8. The lowest BCUT2D eigenvalue weighted by Gasteiger charge is -2.18.